The van der Waals surface area contributed by atoms with Gasteiger partial charge in [-0.2, -0.15) is 0 Å². The van der Waals surface area contributed by atoms with E-state index >= 15 is 0 Å². The molecule has 3 heteroatoms. The second-order valence-electron chi connectivity index (χ2n) is 4.01. The highest BCUT2D eigenvalue weighted by Gasteiger charge is 2.22. The van der Waals surface area contributed by atoms with Crippen LogP contribution >= 0.6 is 0 Å². The summed E-state index contributed by atoms with van der Waals surface area (Å²) >= 11 is 0. The van der Waals surface area contributed by atoms with Gasteiger partial charge in [0.05, 0.1) is 6.10 Å². The van der Waals surface area contributed by atoms with E-state index in [1.807, 2.05) is 18.2 Å². The largest absolute Gasteiger partial charge is 0.508 e. The number of phenolic OH excluding ortho intramolecular Hbond substituents is 1. The molecule has 1 aromatic rings. The van der Waals surface area contributed by atoms with Crippen LogP contribution in [0.25, 0.3) is 0 Å². The smallest absolute Gasteiger partial charge is 0.120 e. The normalized spacial score (nSPS) is 22.1. The predicted molar refractivity (Wildman–Crippen MR) is 58.8 cm³/mol. The van der Waals surface area contributed by atoms with E-state index in [1.165, 1.54) is 0 Å². The number of methoxy groups -OCH3 is 1. The summed E-state index contributed by atoms with van der Waals surface area (Å²) in [7, 11) is 1.76. The molecule has 3 nitrogen and oxygen atoms in total. The molecule has 15 heavy (non-hydrogen) atoms. The van der Waals surface area contributed by atoms with E-state index in [0.717, 1.165) is 31.6 Å². The van der Waals surface area contributed by atoms with Crippen LogP contribution in [-0.4, -0.2) is 36.3 Å². The number of nitrogens with zero attached hydrogens (tertiary/aromatic N) is 1. The van der Waals surface area contributed by atoms with E-state index in [4.69, 9.17) is 4.74 Å². The maximum absolute atomic E-state index is 9.64. The summed E-state index contributed by atoms with van der Waals surface area (Å²) in [4.78, 5) is 2.31. The molecule has 0 saturated carbocycles. The first-order valence-corrected chi connectivity index (χ1v) is 5.31. The highest BCUT2D eigenvalue weighted by Crippen LogP contribution is 2.21. The number of benzene rings is 1. The Hall–Kier alpha value is -1.06. The first-order chi connectivity index (χ1) is 7.29. The van der Waals surface area contributed by atoms with Crippen molar-refractivity contribution in [3.8, 4) is 5.75 Å². The predicted octanol–water partition coefficient (Wildman–Crippen LogP) is 1.61. The lowest BCUT2D eigenvalue weighted by atomic mass is 10.2. The average molecular weight is 207 g/mol. The number of para-hydroxylation sites is 1. The van der Waals surface area contributed by atoms with Crippen molar-refractivity contribution in [1.29, 1.82) is 0 Å². The van der Waals surface area contributed by atoms with Crippen molar-refractivity contribution in [3.05, 3.63) is 29.8 Å². The maximum atomic E-state index is 9.64. The Morgan fingerprint density at radius 2 is 2.27 bits per heavy atom. The lowest BCUT2D eigenvalue weighted by Crippen LogP contribution is -2.22. The molecule has 1 unspecified atom stereocenters. The van der Waals surface area contributed by atoms with Crippen LogP contribution in [0.2, 0.25) is 0 Å². The van der Waals surface area contributed by atoms with Gasteiger partial charge >= 0.3 is 0 Å². The highest BCUT2D eigenvalue weighted by atomic mass is 16.5. The third kappa shape index (κ3) is 2.49. The Labute approximate surface area is 90.3 Å². The van der Waals surface area contributed by atoms with Gasteiger partial charge in [0, 0.05) is 32.3 Å². The second-order valence-corrected chi connectivity index (χ2v) is 4.01. The molecule has 1 aliphatic rings. The van der Waals surface area contributed by atoms with Gasteiger partial charge < -0.3 is 9.84 Å². The monoisotopic (exact) mass is 207 g/mol. The molecular weight excluding hydrogens is 190 g/mol. The van der Waals surface area contributed by atoms with Crippen LogP contribution in [0.3, 0.4) is 0 Å². The molecule has 0 radical (unpaired) electrons. The van der Waals surface area contributed by atoms with Gasteiger partial charge in [-0.3, -0.25) is 4.90 Å². The van der Waals surface area contributed by atoms with Crippen molar-refractivity contribution in [2.75, 3.05) is 20.2 Å². The van der Waals surface area contributed by atoms with Gasteiger partial charge in [-0.05, 0) is 12.5 Å². The van der Waals surface area contributed by atoms with Gasteiger partial charge in [-0.25, -0.2) is 0 Å². The van der Waals surface area contributed by atoms with Gasteiger partial charge in [0.2, 0.25) is 0 Å². The van der Waals surface area contributed by atoms with Gasteiger partial charge in [-0.15, -0.1) is 0 Å². The van der Waals surface area contributed by atoms with Crippen molar-refractivity contribution < 1.29 is 9.84 Å². The van der Waals surface area contributed by atoms with E-state index < -0.39 is 0 Å². The van der Waals surface area contributed by atoms with E-state index in [1.54, 1.807) is 13.2 Å². The van der Waals surface area contributed by atoms with Crippen LogP contribution in [-0.2, 0) is 11.3 Å². The zero-order valence-electron chi connectivity index (χ0n) is 9.02. The third-order valence-electron chi connectivity index (χ3n) is 2.95. The lowest BCUT2D eigenvalue weighted by Gasteiger charge is -2.16. The molecule has 82 valence electrons. The van der Waals surface area contributed by atoms with E-state index in [9.17, 15) is 5.11 Å². The van der Waals surface area contributed by atoms with Crippen LogP contribution in [0.1, 0.15) is 12.0 Å². The molecule has 0 aromatic heterocycles. The third-order valence-corrected chi connectivity index (χ3v) is 2.95. The average Bonchev–Trinajstić information content (AvgIpc) is 2.69. The van der Waals surface area contributed by atoms with Crippen molar-refractivity contribution in [2.24, 2.45) is 0 Å². The molecule has 0 aliphatic carbocycles. The first-order valence-electron chi connectivity index (χ1n) is 5.31. The molecule has 0 bridgehead atoms. The van der Waals surface area contributed by atoms with E-state index in [0.29, 0.717) is 11.9 Å². The number of rotatable bonds is 3. The Bertz CT molecular complexity index is 327. The van der Waals surface area contributed by atoms with Gasteiger partial charge in [0.15, 0.2) is 0 Å². The van der Waals surface area contributed by atoms with Gasteiger partial charge in [0.25, 0.3) is 0 Å². The fourth-order valence-corrected chi connectivity index (χ4v) is 2.02. The quantitative estimate of drug-likeness (QED) is 0.817. The highest BCUT2D eigenvalue weighted by molar-refractivity contribution is 5.31. The van der Waals surface area contributed by atoms with E-state index in [2.05, 4.69) is 4.90 Å². The molecule has 1 heterocycles. The van der Waals surface area contributed by atoms with E-state index in [-0.39, 0.29) is 0 Å². The molecule has 1 N–H and O–H groups in total. The first kappa shape index (κ1) is 10.5. The molecule has 1 aromatic carbocycles. The zero-order valence-corrected chi connectivity index (χ0v) is 9.02. The number of hydrogen-bond acceptors (Lipinski definition) is 3. The minimum Gasteiger partial charge on any atom is -0.508 e. The van der Waals surface area contributed by atoms with Crippen LogP contribution in [0, 0.1) is 0 Å². The number of likely N-dealkylation sites (tertiary alicyclic amines) is 1. The Morgan fingerprint density at radius 3 is 2.93 bits per heavy atom. The number of ether oxygens (including phenoxy) is 1. The molecule has 2 rings (SSSR count). The Morgan fingerprint density at radius 1 is 1.47 bits per heavy atom. The summed E-state index contributed by atoms with van der Waals surface area (Å²) in [6.45, 7) is 2.82. The molecular formula is C12H17NO2. The lowest BCUT2D eigenvalue weighted by molar-refractivity contribution is 0.107. The molecule has 0 amide bonds. The summed E-state index contributed by atoms with van der Waals surface area (Å²) < 4.78 is 5.31. The minimum absolute atomic E-state index is 0.357. The molecule has 1 aliphatic heterocycles. The summed E-state index contributed by atoms with van der Waals surface area (Å²) in [5.41, 5.74) is 0.995. The molecule has 1 atom stereocenters. The number of aromatic hydroxyl groups is 1. The molecule has 1 fully saturated rings. The summed E-state index contributed by atoms with van der Waals surface area (Å²) in [6, 6.07) is 7.51. The molecule has 1 saturated heterocycles. The standard InChI is InChI=1S/C12H17NO2/c1-15-11-6-7-13(9-11)8-10-4-2-3-5-12(10)14/h2-5,11,14H,6-9H2,1H3. The van der Waals surface area contributed by atoms with Crippen LogP contribution in [0.4, 0.5) is 0 Å². The fraction of sp³-hybridized carbons (Fsp3) is 0.500. The minimum atomic E-state index is 0.357. The topological polar surface area (TPSA) is 32.7 Å². The number of phenols is 1. The van der Waals surface area contributed by atoms with Crippen LogP contribution < -0.4 is 0 Å². The van der Waals surface area contributed by atoms with Crippen molar-refractivity contribution in [2.45, 2.75) is 19.1 Å². The zero-order chi connectivity index (χ0) is 10.7. The molecule has 0 spiro atoms. The SMILES string of the molecule is COC1CCN(Cc2ccccc2O)C1. The van der Waals surface area contributed by atoms with Crippen LogP contribution in [0.5, 0.6) is 5.75 Å². The van der Waals surface area contributed by atoms with Crippen molar-refractivity contribution in [1.82, 2.24) is 4.90 Å². The Kier molecular flexibility index (Phi) is 3.23. The second kappa shape index (κ2) is 4.64. The van der Waals surface area contributed by atoms with Gasteiger partial charge in [0.1, 0.15) is 5.75 Å². The van der Waals surface area contributed by atoms with Crippen molar-refractivity contribution >= 4 is 0 Å². The summed E-state index contributed by atoms with van der Waals surface area (Å²) in [5, 5.41) is 9.64. The summed E-state index contributed by atoms with van der Waals surface area (Å²) in [5.74, 6) is 0.387. The maximum Gasteiger partial charge on any atom is 0.120 e. The Balaban J connectivity index is 1.96. The number of hydrogen-bond donors (Lipinski definition) is 1. The van der Waals surface area contributed by atoms with Crippen LogP contribution in [0.15, 0.2) is 24.3 Å². The fourth-order valence-electron chi connectivity index (χ4n) is 2.02. The van der Waals surface area contributed by atoms with Crippen molar-refractivity contribution in [3.63, 3.8) is 0 Å². The van der Waals surface area contributed by atoms with Gasteiger partial charge in [-0.1, -0.05) is 18.2 Å². The summed E-state index contributed by atoms with van der Waals surface area (Å²) in [6.07, 6.45) is 1.44.